The van der Waals surface area contributed by atoms with E-state index in [1.165, 1.54) is 12.4 Å². The largest absolute Gasteiger partial charge is 0.262 e. The second kappa shape index (κ2) is 5.05. The fourth-order valence-electron chi connectivity index (χ4n) is 1.44. The van der Waals surface area contributed by atoms with E-state index in [9.17, 15) is 8.42 Å². The normalized spacial score (nSPS) is 11.7. The van der Waals surface area contributed by atoms with Crippen molar-refractivity contribution in [1.82, 2.24) is 19.9 Å². The van der Waals surface area contributed by atoms with Gasteiger partial charge in [-0.1, -0.05) is 17.7 Å². The first-order chi connectivity index (χ1) is 8.50. The number of halogens is 1. The van der Waals surface area contributed by atoms with Crippen molar-refractivity contribution in [3.05, 3.63) is 40.9 Å². The minimum Gasteiger partial charge on any atom is -0.262 e. The molecule has 0 fully saturated rings. The van der Waals surface area contributed by atoms with Crippen molar-refractivity contribution in [1.29, 1.82) is 0 Å². The summed E-state index contributed by atoms with van der Waals surface area (Å²) in [6.45, 7) is 1.71. The van der Waals surface area contributed by atoms with Crippen LogP contribution in [0.4, 0.5) is 0 Å². The molecule has 96 valence electrons. The Morgan fingerprint density at radius 1 is 1.44 bits per heavy atom. The van der Waals surface area contributed by atoms with Gasteiger partial charge in [0.25, 0.3) is 0 Å². The highest BCUT2D eigenvalue weighted by atomic mass is 35.5. The van der Waals surface area contributed by atoms with Gasteiger partial charge in [0.2, 0.25) is 10.0 Å². The molecule has 0 aliphatic rings. The Hall–Kier alpha value is -1.44. The lowest BCUT2D eigenvalue weighted by Gasteiger charge is -2.09. The van der Waals surface area contributed by atoms with E-state index in [1.807, 2.05) is 0 Å². The fourth-order valence-corrected chi connectivity index (χ4v) is 2.92. The first-order valence-corrected chi connectivity index (χ1v) is 6.96. The van der Waals surface area contributed by atoms with Crippen molar-refractivity contribution < 1.29 is 8.42 Å². The zero-order valence-corrected chi connectivity index (χ0v) is 11.1. The number of hydrogen-bond acceptors (Lipinski definition) is 4. The Balaban J connectivity index is 2.23. The summed E-state index contributed by atoms with van der Waals surface area (Å²) >= 11 is 5.90. The van der Waals surface area contributed by atoms with E-state index in [0.717, 1.165) is 0 Å². The van der Waals surface area contributed by atoms with Crippen molar-refractivity contribution in [3.8, 4) is 0 Å². The van der Waals surface area contributed by atoms with Gasteiger partial charge in [-0.2, -0.15) is 5.10 Å². The van der Waals surface area contributed by atoms with Gasteiger partial charge < -0.3 is 0 Å². The molecule has 1 heterocycles. The monoisotopic (exact) mass is 286 g/mol. The van der Waals surface area contributed by atoms with Crippen LogP contribution in [0.2, 0.25) is 5.02 Å². The Kier molecular flexibility index (Phi) is 3.65. The molecule has 0 spiro atoms. The van der Waals surface area contributed by atoms with Crippen LogP contribution in [0.15, 0.2) is 29.4 Å². The number of hydrogen-bond donors (Lipinski definition) is 2. The predicted molar refractivity (Wildman–Crippen MR) is 66.6 cm³/mol. The molecule has 0 atom stereocenters. The van der Waals surface area contributed by atoms with Gasteiger partial charge in [-0.3, -0.25) is 5.10 Å². The molecule has 2 aromatic rings. The lowest BCUT2D eigenvalue weighted by molar-refractivity contribution is 0.579. The Morgan fingerprint density at radius 3 is 2.89 bits per heavy atom. The predicted octanol–water partition coefficient (Wildman–Crippen LogP) is 1.25. The van der Waals surface area contributed by atoms with Crippen LogP contribution in [0.25, 0.3) is 0 Å². The van der Waals surface area contributed by atoms with E-state index < -0.39 is 10.0 Å². The molecule has 2 rings (SSSR count). The number of rotatable bonds is 4. The zero-order chi connectivity index (χ0) is 13.2. The van der Waals surface area contributed by atoms with Crippen molar-refractivity contribution in [3.63, 3.8) is 0 Å². The van der Waals surface area contributed by atoms with Crippen molar-refractivity contribution in [2.24, 2.45) is 0 Å². The summed E-state index contributed by atoms with van der Waals surface area (Å²) in [5.41, 5.74) is 0.518. The minimum atomic E-state index is -3.61. The van der Waals surface area contributed by atoms with Crippen LogP contribution < -0.4 is 4.72 Å². The smallest absolute Gasteiger partial charge is 0.241 e. The van der Waals surface area contributed by atoms with Gasteiger partial charge in [0, 0.05) is 5.02 Å². The third-order valence-electron chi connectivity index (χ3n) is 2.40. The number of benzene rings is 1. The van der Waals surface area contributed by atoms with Crippen LogP contribution >= 0.6 is 11.6 Å². The van der Waals surface area contributed by atoms with Gasteiger partial charge in [-0.15, -0.1) is 0 Å². The van der Waals surface area contributed by atoms with E-state index >= 15 is 0 Å². The molecule has 1 aromatic carbocycles. The van der Waals surface area contributed by atoms with Crippen molar-refractivity contribution in [2.45, 2.75) is 18.4 Å². The van der Waals surface area contributed by atoms with Crippen molar-refractivity contribution >= 4 is 21.6 Å². The van der Waals surface area contributed by atoms with Crippen LogP contribution in [0.3, 0.4) is 0 Å². The van der Waals surface area contributed by atoms with Crippen LogP contribution in [0.5, 0.6) is 0 Å². The Labute approximate surface area is 109 Å². The standard InChI is InChI=1S/C10H11ClN4O2S/c1-7-8(11)3-2-4-9(7)18(16,17)14-5-10-12-6-13-15-10/h2-4,6,14H,5H2,1H3,(H,12,13,15). The lowest BCUT2D eigenvalue weighted by atomic mass is 10.2. The van der Waals surface area contributed by atoms with Gasteiger partial charge in [0.1, 0.15) is 12.2 Å². The number of aromatic amines is 1. The average molecular weight is 287 g/mol. The molecule has 0 radical (unpaired) electrons. The number of sulfonamides is 1. The maximum Gasteiger partial charge on any atom is 0.241 e. The molecule has 0 saturated heterocycles. The molecular formula is C10H11ClN4O2S. The third-order valence-corrected chi connectivity index (χ3v) is 4.36. The molecule has 18 heavy (non-hydrogen) atoms. The average Bonchev–Trinajstić information content (AvgIpc) is 2.83. The zero-order valence-electron chi connectivity index (χ0n) is 9.51. The van der Waals surface area contributed by atoms with Crippen molar-refractivity contribution in [2.75, 3.05) is 0 Å². The first kappa shape index (κ1) is 13.0. The molecule has 0 unspecified atom stereocenters. The van der Waals surface area contributed by atoms with E-state index in [4.69, 9.17) is 11.6 Å². The van der Waals surface area contributed by atoms with Gasteiger partial charge in [-0.05, 0) is 24.6 Å². The van der Waals surface area contributed by atoms with Crippen LogP contribution in [0.1, 0.15) is 11.4 Å². The Bertz CT molecular complexity index is 640. The highest BCUT2D eigenvalue weighted by Gasteiger charge is 2.18. The maximum absolute atomic E-state index is 12.1. The number of nitrogens with zero attached hydrogens (tertiary/aromatic N) is 2. The van der Waals surface area contributed by atoms with Gasteiger partial charge in [0.15, 0.2) is 0 Å². The van der Waals surface area contributed by atoms with Crippen LogP contribution in [0, 0.1) is 6.92 Å². The summed E-state index contributed by atoms with van der Waals surface area (Å²) in [4.78, 5) is 3.99. The van der Waals surface area contributed by atoms with E-state index in [2.05, 4.69) is 19.9 Å². The first-order valence-electron chi connectivity index (χ1n) is 5.10. The molecule has 0 aliphatic carbocycles. The molecule has 2 N–H and O–H groups in total. The quantitative estimate of drug-likeness (QED) is 0.885. The van der Waals surface area contributed by atoms with E-state index in [1.54, 1.807) is 19.1 Å². The molecule has 0 saturated carbocycles. The highest BCUT2D eigenvalue weighted by Crippen LogP contribution is 2.22. The molecule has 6 nitrogen and oxygen atoms in total. The van der Waals surface area contributed by atoms with E-state index in [-0.39, 0.29) is 11.4 Å². The second-order valence-corrected chi connectivity index (χ2v) is 5.76. The second-order valence-electron chi connectivity index (χ2n) is 3.62. The van der Waals surface area contributed by atoms with Gasteiger partial charge in [0.05, 0.1) is 11.4 Å². The summed E-state index contributed by atoms with van der Waals surface area (Å²) in [7, 11) is -3.61. The Morgan fingerprint density at radius 2 is 2.22 bits per heavy atom. The number of aromatic nitrogens is 3. The summed E-state index contributed by atoms with van der Waals surface area (Å²) in [6, 6.07) is 4.74. The summed E-state index contributed by atoms with van der Waals surface area (Å²) in [6.07, 6.45) is 1.31. The van der Waals surface area contributed by atoms with Crippen LogP contribution in [-0.4, -0.2) is 23.6 Å². The lowest BCUT2D eigenvalue weighted by Crippen LogP contribution is -2.24. The number of nitrogens with one attached hydrogen (secondary N) is 2. The summed E-state index contributed by atoms with van der Waals surface area (Å²) in [5, 5.41) is 6.62. The molecule has 0 aliphatic heterocycles. The molecule has 1 aromatic heterocycles. The molecule has 8 heteroatoms. The maximum atomic E-state index is 12.1. The molecule has 0 bridgehead atoms. The SMILES string of the molecule is Cc1c(Cl)cccc1S(=O)(=O)NCc1ncn[nH]1. The number of H-pyrrole nitrogens is 1. The van der Waals surface area contributed by atoms with Crippen LogP contribution in [-0.2, 0) is 16.6 Å². The van der Waals surface area contributed by atoms with E-state index in [0.29, 0.717) is 16.4 Å². The summed E-state index contributed by atoms with van der Waals surface area (Å²) in [5.74, 6) is 0.443. The topological polar surface area (TPSA) is 87.7 Å². The third kappa shape index (κ3) is 2.69. The van der Waals surface area contributed by atoms with Gasteiger partial charge >= 0.3 is 0 Å². The van der Waals surface area contributed by atoms with Gasteiger partial charge in [-0.25, -0.2) is 18.1 Å². The molecule has 0 amide bonds. The highest BCUT2D eigenvalue weighted by molar-refractivity contribution is 7.89. The molecular weight excluding hydrogens is 276 g/mol. The summed E-state index contributed by atoms with van der Waals surface area (Å²) < 4.78 is 26.6. The fraction of sp³-hybridized carbons (Fsp3) is 0.200. The minimum absolute atomic E-state index is 0.0499.